The second kappa shape index (κ2) is 7.65. The smallest absolute Gasteiger partial charge is 0.328 e. The molecule has 0 bridgehead atoms. The summed E-state index contributed by atoms with van der Waals surface area (Å²) in [6, 6.07) is 15.8. The van der Waals surface area contributed by atoms with Gasteiger partial charge in [-0.3, -0.25) is 19.3 Å². The molecule has 1 heterocycles. The number of hydrogen-bond donors (Lipinski definition) is 1. The van der Waals surface area contributed by atoms with Crippen molar-refractivity contribution in [3.63, 3.8) is 0 Å². The topological polar surface area (TPSA) is 95.0 Å². The number of carbonyl (C=O) groups is 4. The molecule has 2 aromatic rings. The summed E-state index contributed by atoms with van der Waals surface area (Å²) in [5.41, 5.74) is 0.829. The van der Waals surface area contributed by atoms with E-state index in [9.17, 15) is 19.2 Å². The lowest BCUT2D eigenvalue weighted by Crippen LogP contribution is -2.45. The minimum Gasteiger partial charge on any atom is -0.478 e. The highest BCUT2D eigenvalue weighted by molar-refractivity contribution is 6.25. The normalized spacial score (nSPS) is 16.7. The lowest BCUT2D eigenvalue weighted by atomic mass is 10.1. The average Bonchev–Trinajstić information content (AvgIpc) is 2.96. The maximum atomic E-state index is 12.9. The first-order valence-electron chi connectivity index (χ1n) is 8.20. The third-order valence-corrected chi connectivity index (χ3v) is 4.09. The third kappa shape index (κ3) is 3.77. The summed E-state index contributed by atoms with van der Waals surface area (Å²) < 4.78 is 0. The Morgan fingerprint density at radius 3 is 2.15 bits per heavy atom. The minimum atomic E-state index is -1.28. The number of rotatable bonds is 5. The molecule has 7 nitrogen and oxygen atoms in total. The molecular formula is C20H16N2O5. The van der Waals surface area contributed by atoms with Gasteiger partial charge in [0, 0.05) is 17.8 Å². The van der Waals surface area contributed by atoms with Gasteiger partial charge in [0.15, 0.2) is 0 Å². The molecule has 3 amide bonds. The van der Waals surface area contributed by atoms with Crippen molar-refractivity contribution >= 4 is 35.1 Å². The third-order valence-electron chi connectivity index (χ3n) is 4.09. The SMILES string of the molecule is O=C(O)C=CC(=O)N(c1ccccc1)C1CC(=O)N(c2ccccc2)C1=O. The largest absolute Gasteiger partial charge is 0.478 e. The summed E-state index contributed by atoms with van der Waals surface area (Å²) in [6.45, 7) is 0. The monoisotopic (exact) mass is 364 g/mol. The highest BCUT2D eigenvalue weighted by atomic mass is 16.4. The van der Waals surface area contributed by atoms with Crippen LogP contribution in [0.25, 0.3) is 0 Å². The fourth-order valence-electron chi connectivity index (χ4n) is 2.94. The number of carboxylic acid groups (broad SMARTS) is 1. The predicted molar refractivity (Wildman–Crippen MR) is 98.0 cm³/mol. The molecule has 7 heteroatoms. The van der Waals surface area contributed by atoms with Crippen LogP contribution in [0.4, 0.5) is 11.4 Å². The van der Waals surface area contributed by atoms with Crippen LogP contribution in [0.2, 0.25) is 0 Å². The first-order valence-corrected chi connectivity index (χ1v) is 8.20. The van der Waals surface area contributed by atoms with Crippen LogP contribution in [0, 0.1) is 0 Å². The number of imide groups is 1. The van der Waals surface area contributed by atoms with E-state index in [1.807, 2.05) is 0 Å². The Morgan fingerprint density at radius 1 is 0.963 bits per heavy atom. The number of amides is 3. The van der Waals surface area contributed by atoms with Crippen LogP contribution >= 0.6 is 0 Å². The summed E-state index contributed by atoms with van der Waals surface area (Å²) in [5, 5.41) is 8.78. The molecule has 1 unspecified atom stereocenters. The van der Waals surface area contributed by atoms with Gasteiger partial charge >= 0.3 is 5.97 Å². The maximum Gasteiger partial charge on any atom is 0.328 e. The Morgan fingerprint density at radius 2 is 1.56 bits per heavy atom. The first-order chi connectivity index (χ1) is 13.0. The number of carbonyl (C=O) groups excluding carboxylic acids is 3. The zero-order valence-electron chi connectivity index (χ0n) is 14.2. The van der Waals surface area contributed by atoms with E-state index in [-0.39, 0.29) is 6.42 Å². The fraction of sp³-hybridized carbons (Fsp3) is 0.100. The van der Waals surface area contributed by atoms with Crippen molar-refractivity contribution in [2.75, 3.05) is 9.80 Å². The number of carboxylic acids is 1. The molecule has 1 N–H and O–H groups in total. The molecule has 0 aromatic heterocycles. The van der Waals surface area contributed by atoms with Gasteiger partial charge < -0.3 is 5.11 Å². The lowest BCUT2D eigenvalue weighted by Gasteiger charge is -2.26. The number of para-hydroxylation sites is 2. The molecule has 27 heavy (non-hydrogen) atoms. The Kier molecular flexibility index (Phi) is 5.12. The van der Waals surface area contributed by atoms with Gasteiger partial charge in [-0.25, -0.2) is 9.69 Å². The van der Waals surface area contributed by atoms with Gasteiger partial charge in [0.1, 0.15) is 6.04 Å². The second-order valence-electron chi connectivity index (χ2n) is 5.84. The summed E-state index contributed by atoms with van der Waals surface area (Å²) >= 11 is 0. The van der Waals surface area contributed by atoms with Crippen LogP contribution < -0.4 is 9.80 Å². The van der Waals surface area contributed by atoms with Gasteiger partial charge in [0.2, 0.25) is 5.91 Å². The number of aliphatic carboxylic acids is 1. The molecule has 1 aliphatic heterocycles. The van der Waals surface area contributed by atoms with E-state index in [1.165, 1.54) is 0 Å². The molecule has 0 radical (unpaired) electrons. The minimum absolute atomic E-state index is 0.185. The standard InChI is InChI=1S/C20H16N2O5/c23-17(11-12-19(25)26)21(14-7-3-1-4-8-14)16-13-18(24)22(20(16)27)15-9-5-2-6-10-15/h1-12,16H,13H2,(H,25,26). The first kappa shape index (κ1) is 18.1. The van der Waals surface area contributed by atoms with Crippen molar-refractivity contribution in [3.8, 4) is 0 Å². The number of benzene rings is 2. The zero-order valence-corrected chi connectivity index (χ0v) is 14.2. The highest BCUT2D eigenvalue weighted by Crippen LogP contribution is 2.29. The molecule has 2 aromatic carbocycles. The summed E-state index contributed by atoms with van der Waals surface area (Å²) in [5.74, 6) is -2.93. The Balaban J connectivity index is 1.98. The summed E-state index contributed by atoms with van der Waals surface area (Å²) in [7, 11) is 0. The van der Waals surface area contributed by atoms with Crippen molar-refractivity contribution in [2.24, 2.45) is 0 Å². The molecule has 1 aliphatic rings. The van der Waals surface area contributed by atoms with Gasteiger partial charge in [0.05, 0.1) is 12.1 Å². The fourth-order valence-corrected chi connectivity index (χ4v) is 2.94. The van der Waals surface area contributed by atoms with E-state index < -0.39 is 29.7 Å². The molecule has 0 saturated carbocycles. The van der Waals surface area contributed by atoms with Crippen LogP contribution in [0.1, 0.15) is 6.42 Å². The predicted octanol–water partition coefficient (Wildman–Crippen LogP) is 1.99. The quantitative estimate of drug-likeness (QED) is 0.647. The van der Waals surface area contributed by atoms with Crippen molar-refractivity contribution < 1.29 is 24.3 Å². The second-order valence-corrected chi connectivity index (χ2v) is 5.84. The molecule has 3 rings (SSSR count). The Bertz CT molecular complexity index is 908. The van der Waals surface area contributed by atoms with Crippen LogP contribution in [-0.2, 0) is 19.2 Å². The zero-order chi connectivity index (χ0) is 19.4. The van der Waals surface area contributed by atoms with E-state index in [0.717, 1.165) is 15.9 Å². The highest BCUT2D eigenvalue weighted by Gasteiger charge is 2.44. The molecule has 1 atom stereocenters. The molecule has 136 valence electrons. The van der Waals surface area contributed by atoms with E-state index in [4.69, 9.17) is 5.11 Å². The number of anilines is 2. The summed E-state index contributed by atoms with van der Waals surface area (Å²) in [6.07, 6.45) is 1.39. The molecule has 0 aliphatic carbocycles. The Labute approximate surface area is 155 Å². The van der Waals surface area contributed by atoms with Gasteiger partial charge in [-0.15, -0.1) is 0 Å². The van der Waals surface area contributed by atoms with Crippen LogP contribution in [0.3, 0.4) is 0 Å². The van der Waals surface area contributed by atoms with Crippen LogP contribution in [0.5, 0.6) is 0 Å². The van der Waals surface area contributed by atoms with E-state index in [2.05, 4.69) is 0 Å². The summed E-state index contributed by atoms with van der Waals surface area (Å²) in [4.78, 5) is 51.0. The molecule has 1 saturated heterocycles. The maximum absolute atomic E-state index is 12.9. The van der Waals surface area contributed by atoms with E-state index in [0.29, 0.717) is 17.5 Å². The van der Waals surface area contributed by atoms with Gasteiger partial charge in [-0.05, 0) is 24.3 Å². The Hall–Kier alpha value is -3.74. The molecule has 0 spiro atoms. The van der Waals surface area contributed by atoms with E-state index >= 15 is 0 Å². The van der Waals surface area contributed by atoms with Crippen molar-refractivity contribution in [3.05, 3.63) is 72.8 Å². The van der Waals surface area contributed by atoms with E-state index in [1.54, 1.807) is 60.7 Å². The van der Waals surface area contributed by atoms with Crippen molar-refractivity contribution in [2.45, 2.75) is 12.5 Å². The van der Waals surface area contributed by atoms with Gasteiger partial charge in [-0.2, -0.15) is 0 Å². The number of nitrogens with zero attached hydrogens (tertiary/aromatic N) is 2. The van der Waals surface area contributed by atoms with Crippen LogP contribution in [-0.4, -0.2) is 34.8 Å². The van der Waals surface area contributed by atoms with Crippen molar-refractivity contribution in [1.29, 1.82) is 0 Å². The van der Waals surface area contributed by atoms with Crippen molar-refractivity contribution in [1.82, 2.24) is 0 Å². The van der Waals surface area contributed by atoms with Gasteiger partial charge in [-0.1, -0.05) is 36.4 Å². The van der Waals surface area contributed by atoms with Crippen LogP contribution in [0.15, 0.2) is 72.8 Å². The molecular weight excluding hydrogens is 348 g/mol. The lowest BCUT2D eigenvalue weighted by molar-refractivity contribution is -0.131. The molecule has 1 fully saturated rings. The number of hydrogen-bond acceptors (Lipinski definition) is 4. The average molecular weight is 364 g/mol. The van der Waals surface area contributed by atoms with Gasteiger partial charge in [0.25, 0.3) is 11.8 Å².